The van der Waals surface area contributed by atoms with Crippen LogP contribution in [0.4, 0.5) is 14.9 Å². The number of nitrogens with zero attached hydrogens (tertiary/aromatic N) is 1. The van der Waals surface area contributed by atoms with E-state index >= 15 is 0 Å². The van der Waals surface area contributed by atoms with Crippen molar-refractivity contribution in [1.29, 1.82) is 0 Å². The van der Waals surface area contributed by atoms with E-state index in [0.717, 1.165) is 6.42 Å². The molecule has 0 aliphatic carbocycles. The van der Waals surface area contributed by atoms with Crippen LogP contribution in [-0.2, 0) is 4.74 Å². The molecule has 4 heteroatoms. The molecule has 1 amide bonds. The lowest BCUT2D eigenvalue weighted by Crippen LogP contribution is -2.37. The Morgan fingerprint density at radius 3 is 2.93 bits per heavy atom. The summed E-state index contributed by atoms with van der Waals surface area (Å²) in [5.41, 5.74) is 1.23. The molecule has 0 atom stereocenters. The summed E-state index contributed by atoms with van der Waals surface area (Å²) in [6.45, 7) is 2.77. The number of amides is 1. The molecule has 0 unspecified atom stereocenters. The van der Waals surface area contributed by atoms with Gasteiger partial charge in [0, 0.05) is 12.2 Å². The Morgan fingerprint density at radius 2 is 2.27 bits per heavy atom. The molecule has 1 fully saturated rings. The van der Waals surface area contributed by atoms with Crippen LogP contribution in [0.1, 0.15) is 12.0 Å². The molecule has 1 heterocycles. The van der Waals surface area contributed by atoms with Crippen molar-refractivity contribution < 1.29 is 13.9 Å². The van der Waals surface area contributed by atoms with Crippen molar-refractivity contribution in [1.82, 2.24) is 0 Å². The van der Waals surface area contributed by atoms with Crippen molar-refractivity contribution in [2.24, 2.45) is 0 Å². The van der Waals surface area contributed by atoms with Crippen molar-refractivity contribution in [2.45, 2.75) is 13.3 Å². The second kappa shape index (κ2) is 3.88. The van der Waals surface area contributed by atoms with Gasteiger partial charge in [0.15, 0.2) is 0 Å². The molecular formula is C11H12FNO2. The number of ether oxygens (including phenoxy) is 1. The van der Waals surface area contributed by atoms with Gasteiger partial charge in [0.25, 0.3) is 0 Å². The Bertz CT molecular complexity index is 392. The van der Waals surface area contributed by atoms with Crippen LogP contribution in [-0.4, -0.2) is 19.2 Å². The van der Waals surface area contributed by atoms with Gasteiger partial charge in [0.05, 0.1) is 6.61 Å². The highest BCUT2D eigenvalue weighted by molar-refractivity contribution is 5.88. The predicted octanol–water partition coefficient (Wildman–Crippen LogP) is 2.48. The number of cyclic esters (lactones) is 1. The summed E-state index contributed by atoms with van der Waals surface area (Å²) in [6.07, 6.45) is 0.453. The van der Waals surface area contributed by atoms with Crippen LogP contribution in [0.15, 0.2) is 18.2 Å². The topological polar surface area (TPSA) is 29.5 Å². The molecule has 15 heavy (non-hydrogen) atoms. The van der Waals surface area contributed by atoms with Gasteiger partial charge in [-0.1, -0.05) is 0 Å². The molecule has 0 saturated carbocycles. The number of rotatable bonds is 1. The standard InChI is InChI=1S/C11H12FNO2/c1-8-7-9(3-4-10(8)12)13-5-2-6-15-11(13)14/h3-4,7H,2,5-6H2,1H3. The molecule has 0 spiro atoms. The third kappa shape index (κ3) is 1.93. The molecule has 0 bridgehead atoms. The number of anilines is 1. The minimum absolute atomic E-state index is 0.260. The highest BCUT2D eigenvalue weighted by Gasteiger charge is 2.21. The molecule has 1 aliphatic rings. The fraction of sp³-hybridized carbons (Fsp3) is 0.364. The summed E-state index contributed by atoms with van der Waals surface area (Å²) in [5, 5.41) is 0. The van der Waals surface area contributed by atoms with Gasteiger partial charge in [-0.25, -0.2) is 9.18 Å². The van der Waals surface area contributed by atoms with Crippen LogP contribution in [0.3, 0.4) is 0 Å². The van der Waals surface area contributed by atoms with Gasteiger partial charge in [-0.05, 0) is 37.1 Å². The lowest BCUT2D eigenvalue weighted by molar-refractivity contribution is 0.140. The van der Waals surface area contributed by atoms with Crippen molar-refractivity contribution in [2.75, 3.05) is 18.1 Å². The molecule has 0 N–H and O–H groups in total. The van der Waals surface area contributed by atoms with Crippen molar-refractivity contribution in [3.05, 3.63) is 29.6 Å². The summed E-state index contributed by atoms with van der Waals surface area (Å²) in [4.78, 5) is 12.9. The number of hydrogen-bond acceptors (Lipinski definition) is 2. The smallest absolute Gasteiger partial charge is 0.414 e. The summed E-state index contributed by atoms with van der Waals surface area (Å²) in [6, 6.07) is 4.61. The zero-order chi connectivity index (χ0) is 10.8. The van der Waals surface area contributed by atoms with Gasteiger partial charge in [-0.2, -0.15) is 0 Å². The summed E-state index contributed by atoms with van der Waals surface area (Å²) < 4.78 is 17.9. The van der Waals surface area contributed by atoms with Crippen LogP contribution in [0.25, 0.3) is 0 Å². The maximum Gasteiger partial charge on any atom is 0.414 e. The van der Waals surface area contributed by atoms with E-state index in [2.05, 4.69) is 0 Å². The Kier molecular flexibility index (Phi) is 2.58. The highest BCUT2D eigenvalue weighted by Crippen LogP contribution is 2.21. The first-order valence-corrected chi connectivity index (χ1v) is 4.89. The lowest BCUT2D eigenvalue weighted by Gasteiger charge is -2.26. The Labute approximate surface area is 87.5 Å². The second-order valence-electron chi connectivity index (χ2n) is 3.55. The van der Waals surface area contributed by atoms with E-state index < -0.39 is 0 Å². The molecule has 1 saturated heterocycles. The molecule has 1 aliphatic heterocycles. The van der Waals surface area contributed by atoms with E-state index in [1.165, 1.54) is 11.0 Å². The Morgan fingerprint density at radius 1 is 1.47 bits per heavy atom. The van der Waals surface area contributed by atoms with Gasteiger partial charge in [0.1, 0.15) is 5.82 Å². The van der Waals surface area contributed by atoms with E-state index in [1.807, 2.05) is 0 Å². The molecule has 2 rings (SSSR count). The minimum Gasteiger partial charge on any atom is -0.449 e. The first-order chi connectivity index (χ1) is 7.18. The fourth-order valence-electron chi connectivity index (χ4n) is 1.58. The lowest BCUT2D eigenvalue weighted by atomic mass is 10.2. The first kappa shape index (κ1) is 9.96. The molecule has 1 aromatic carbocycles. The van der Waals surface area contributed by atoms with Gasteiger partial charge in [-0.3, -0.25) is 4.90 Å². The van der Waals surface area contributed by atoms with Crippen molar-refractivity contribution >= 4 is 11.8 Å². The first-order valence-electron chi connectivity index (χ1n) is 4.89. The zero-order valence-electron chi connectivity index (χ0n) is 8.50. The molecule has 0 radical (unpaired) electrons. The molecular weight excluding hydrogens is 197 g/mol. The van der Waals surface area contributed by atoms with Crippen LogP contribution in [0, 0.1) is 12.7 Å². The highest BCUT2D eigenvalue weighted by atomic mass is 19.1. The number of carbonyl (C=O) groups excluding carboxylic acids is 1. The molecule has 0 aromatic heterocycles. The molecule has 3 nitrogen and oxygen atoms in total. The number of halogens is 1. The van der Waals surface area contributed by atoms with E-state index in [1.54, 1.807) is 19.1 Å². The number of carbonyl (C=O) groups is 1. The van der Waals surface area contributed by atoms with Crippen molar-refractivity contribution in [3.63, 3.8) is 0 Å². The summed E-state index contributed by atoms with van der Waals surface area (Å²) >= 11 is 0. The molecule has 1 aromatic rings. The number of benzene rings is 1. The minimum atomic E-state index is -0.354. The third-order valence-corrected chi connectivity index (χ3v) is 2.43. The number of aryl methyl sites for hydroxylation is 1. The van der Waals surface area contributed by atoms with Crippen molar-refractivity contribution in [3.8, 4) is 0 Å². The van der Waals surface area contributed by atoms with Crippen LogP contribution in [0.5, 0.6) is 0 Å². The fourth-order valence-corrected chi connectivity index (χ4v) is 1.58. The third-order valence-electron chi connectivity index (χ3n) is 2.43. The monoisotopic (exact) mass is 209 g/mol. The normalized spacial score (nSPS) is 16.4. The van der Waals surface area contributed by atoms with Crippen LogP contribution >= 0.6 is 0 Å². The quantitative estimate of drug-likeness (QED) is 0.711. The maximum absolute atomic E-state index is 13.0. The average molecular weight is 209 g/mol. The predicted molar refractivity (Wildman–Crippen MR) is 54.4 cm³/mol. The van der Waals surface area contributed by atoms with E-state index in [9.17, 15) is 9.18 Å². The SMILES string of the molecule is Cc1cc(N2CCCOC2=O)ccc1F. The van der Waals surface area contributed by atoms with E-state index in [4.69, 9.17) is 4.74 Å². The number of hydrogen-bond donors (Lipinski definition) is 0. The maximum atomic E-state index is 13.0. The molecule has 80 valence electrons. The second-order valence-corrected chi connectivity index (χ2v) is 3.55. The van der Waals surface area contributed by atoms with Gasteiger partial charge in [-0.15, -0.1) is 0 Å². The van der Waals surface area contributed by atoms with Crippen LogP contribution in [0.2, 0.25) is 0 Å². The Balaban J connectivity index is 2.28. The van der Waals surface area contributed by atoms with Gasteiger partial charge in [0.2, 0.25) is 0 Å². The van der Waals surface area contributed by atoms with Gasteiger partial charge < -0.3 is 4.74 Å². The van der Waals surface area contributed by atoms with E-state index in [0.29, 0.717) is 24.4 Å². The summed E-state index contributed by atoms with van der Waals surface area (Å²) in [5.74, 6) is -0.260. The van der Waals surface area contributed by atoms with Crippen LogP contribution < -0.4 is 4.90 Å². The average Bonchev–Trinajstić information content (AvgIpc) is 2.23. The van der Waals surface area contributed by atoms with Gasteiger partial charge >= 0.3 is 6.09 Å². The Hall–Kier alpha value is -1.58. The zero-order valence-corrected chi connectivity index (χ0v) is 8.50. The van der Waals surface area contributed by atoms with E-state index in [-0.39, 0.29) is 11.9 Å². The summed E-state index contributed by atoms with van der Waals surface area (Å²) in [7, 11) is 0. The largest absolute Gasteiger partial charge is 0.449 e.